The number of hydrogen-bond acceptors (Lipinski definition) is 6. The van der Waals surface area contributed by atoms with Crippen LogP contribution in [-0.4, -0.2) is 60.1 Å². The molecule has 0 radical (unpaired) electrons. The van der Waals surface area contributed by atoms with E-state index in [1.165, 1.54) is 11.8 Å². The van der Waals surface area contributed by atoms with Crippen LogP contribution in [0.1, 0.15) is 45.4 Å². The molecule has 208 valence electrons. The summed E-state index contributed by atoms with van der Waals surface area (Å²) in [7, 11) is 1.23. The minimum absolute atomic E-state index is 0.0949. The Balaban J connectivity index is 1.54. The Morgan fingerprint density at radius 2 is 1.87 bits per heavy atom. The normalized spacial score (nSPS) is 14.8. The van der Waals surface area contributed by atoms with Gasteiger partial charge in [-0.3, -0.25) is 4.79 Å². The highest BCUT2D eigenvalue weighted by molar-refractivity contribution is 7.89. The van der Waals surface area contributed by atoms with Gasteiger partial charge in [0, 0.05) is 37.5 Å². The standard InChI is InChI=1S/C29H41N3O5S/c1-5-8-24(30-2)11-6-9-22-15-17-32(18-16-22)29(33)21-31-38(34,35)26-12-7-10-23(19-26)27-14-13-25(36-3)20-28(27)37-4/h7-8,10,12-14,19-20,22,30-31H,5-6,9,11,15-18,21H2,1-4H3/b24-8+. The van der Waals surface area contributed by atoms with Gasteiger partial charge in [-0.05, 0) is 74.3 Å². The van der Waals surface area contributed by atoms with Crippen LogP contribution in [0.2, 0.25) is 0 Å². The number of rotatable bonds is 13. The van der Waals surface area contributed by atoms with E-state index in [1.807, 2.05) is 19.2 Å². The van der Waals surface area contributed by atoms with Crippen molar-refractivity contribution in [3.05, 3.63) is 54.2 Å². The minimum Gasteiger partial charge on any atom is -0.497 e. The monoisotopic (exact) mass is 543 g/mol. The van der Waals surface area contributed by atoms with Gasteiger partial charge in [0.25, 0.3) is 0 Å². The fraction of sp³-hybridized carbons (Fsp3) is 0.483. The van der Waals surface area contributed by atoms with Gasteiger partial charge < -0.3 is 19.7 Å². The fourth-order valence-electron chi connectivity index (χ4n) is 4.85. The zero-order chi connectivity index (χ0) is 27.5. The van der Waals surface area contributed by atoms with E-state index >= 15 is 0 Å². The van der Waals surface area contributed by atoms with Crippen LogP contribution >= 0.6 is 0 Å². The van der Waals surface area contributed by atoms with E-state index in [9.17, 15) is 13.2 Å². The Hall–Kier alpha value is -3.04. The van der Waals surface area contributed by atoms with Crippen molar-refractivity contribution >= 4 is 15.9 Å². The first kappa shape index (κ1) is 29.5. The molecule has 0 aliphatic carbocycles. The first-order chi connectivity index (χ1) is 18.3. The zero-order valence-corrected chi connectivity index (χ0v) is 23.8. The van der Waals surface area contributed by atoms with Crippen LogP contribution in [0.4, 0.5) is 0 Å². The molecule has 2 N–H and O–H groups in total. The quantitative estimate of drug-likeness (QED) is 0.384. The van der Waals surface area contributed by atoms with Crippen molar-refractivity contribution in [2.45, 2.75) is 50.3 Å². The third-order valence-electron chi connectivity index (χ3n) is 7.07. The number of nitrogens with zero attached hydrogens (tertiary/aromatic N) is 1. The molecule has 1 saturated heterocycles. The first-order valence-corrected chi connectivity index (χ1v) is 14.8. The predicted molar refractivity (Wildman–Crippen MR) is 151 cm³/mol. The van der Waals surface area contributed by atoms with Crippen LogP contribution in [0, 0.1) is 5.92 Å². The fourth-order valence-corrected chi connectivity index (χ4v) is 5.87. The van der Waals surface area contributed by atoms with E-state index in [0.717, 1.165) is 44.1 Å². The number of benzene rings is 2. The van der Waals surface area contributed by atoms with Crippen LogP contribution in [0.5, 0.6) is 11.5 Å². The molecule has 2 aromatic carbocycles. The molecular formula is C29H41N3O5S. The van der Waals surface area contributed by atoms with Crippen LogP contribution in [0.25, 0.3) is 11.1 Å². The van der Waals surface area contributed by atoms with Crippen LogP contribution in [0.3, 0.4) is 0 Å². The Kier molecular flexibility index (Phi) is 11.0. The molecule has 1 fully saturated rings. The topological polar surface area (TPSA) is 97.0 Å². The third-order valence-corrected chi connectivity index (χ3v) is 8.47. The number of nitrogens with one attached hydrogen (secondary N) is 2. The van der Waals surface area contributed by atoms with E-state index in [4.69, 9.17) is 9.47 Å². The molecule has 1 aliphatic heterocycles. The van der Waals surface area contributed by atoms with Crippen molar-refractivity contribution in [1.82, 2.24) is 14.9 Å². The van der Waals surface area contributed by atoms with Crippen molar-refractivity contribution in [3.8, 4) is 22.6 Å². The van der Waals surface area contributed by atoms with Gasteiger partial charge in [0.05, 0.1) is 25.7 Å². The number of amides is 1. The second-order valence-corrected chi connectivity index (χ2v) is 11.3. The second kappa shape index (κ2) is 14.2. The van der Waals surface area contributed by atoms with Crippen LogP contribution in [0.15, 0.2) is 59.1 Å². The van der Waals surface area contributed by atoms with Gasteiger partial charge in [-0.1, -0.05) is 25.1 Å². The lowest BCUT2D eigenvalue weighted by molar-refractivity contribution is -0.131. The van der Waals surface area contributed by atoms with E-state index < -0.39 is 10.0 Å². The molecule has 8 nitrogen and oxygen atoms in total. The number of ether oxygens (including phenoxy) is 2. The SMILES string of the molecule is CC/C=C(\CCCC1CCN(C(=O)CNS(=O)(=O)c2cccc(-c3ccc(OC)cc3OC)c2)CC1)NC. The summed E-state index contributed by atoms with van der Waals surface area (Å²) in [6.45, 7) is 3.22. The largest absolute Gasteiger partial charge is 0.497 e. The molecule has 0 bridgehead atoms. The molecule has 3 rings (SSSR count). The highest BCUT2D eigenvalue weighted by atomic mass is 32.2. The number of allylic oxidation sites excluding steroid dienone is 2. The van der Waals surface area contributed by atoms with Crippen LogP contribution < -0.4 is 19.5 Å². The van der Waals surface area contributed by atoms with E-state index in [-0.39, 0.29) is 17.3 Å². The molecule has 2 aromatic rings. The van der Waals surface area contributed by atoms with Gasteiger partial charge in [-0.2, -0.15) is 0 Å². The Labute approximate surface area is 227 Å². The molecule has 0 saturated carbocycles. The minimum atomic E-state index is -3.87. The van der Waals surface area contributed by atoms with Gasteiger partial charge in [0.2, 0.25) is 15.9 Å². The molecule has 38 heavy (non-hydrogen) atoms. The molecule has 1 aliphatic rings. The summed E-state index contributed by atoms with van der Waals surface area (Å²) in [5, 5.41) is 3.26. The maximum atomic E-state index is 13.0. The Morgan fingerprint density at radius 3 is 2.53 bits per heavy atom. The second-order valence-electron chi connectivity index (χ2n) is 9.52. The van der Waals surface area contributed by atoms with Crippen molar-refractivity contribution in [1.29, 1.82) is 0 Å². The third kappa shape index (κ3) is 7.98. The van der Waals surface area contributed by atoms with E-state index in [0.29, 0.717) is 36.1 Å². The summed E-state index contributed by atoms with van der Waals surface area (Å²) in [5.41, 5.74) is 2.72. The van der Waals surface area contributed by atoms with E-state index in [2.05, 4.69) is 23.0 Å². The lowest BCUT2D eigenvalue weighted by atomic mass is 9.91. The number of sulfonamides is 1. The number of piperidine rings is 1. The lowest BCUT2D eigenvalue weighted by Crippen LogP contribution is -2.44. The molecule has 1 amide bonds. The number of methoxy groups -OCH3 is 2. The Bertz CT molecular complexity index is 1200. The molecule has 9 heteroatoms. The molecule has 0 unspecified atom stereocenters. The summed E-state index contributed by atoms with van der Waals surface area (Å²) in [6.07, 6.45) is 8.50. The molecule has 0 aromatic heterocycles. The number of hydrogen-bond donors (Lipinski definition) is 2. The molecule has 1 heterocycles. The average molecular weight is 544 g/mol. The number of carbonyl (C=O) groups is 1. The highest BCUT2D eigenvalue weighted by Crippen LogP contribution is 2.34. The summed E-state index contributed by atoms with van der Waals surface area (Å²) < 4.78 is 39.2. The summed E-state index contributed by atoms with van der Waals surface area (Å²) in [6, 6.07) is 12.0. The van der Waals surface area contributed by atoms with Gasteiger partial charge >= 0.3 is 0 Å². The number of carbonyl (C=O) groups excluding carboxylic acids is 1. The van der Waals surface area contributed by atoms with E-state index in [1.54, 1.807) is 43.4 Å². The van der Waals surface area contributed by atoms with Crippen LogP contribution in [-0.2, 0) is 14.8 Å². The van der Waals surface area contributed by atoms with Gasteiger partial charge in [0.15, 0.2) is 0 Å². The molecular weight excluding hydrogens is 502 g/mol. The lowest BCUT2D eigenvalue weighted by Gasteiger charge is -2.32. The highest BCUT2D eigenvalue weighted by Gasteiger charge is 2.24. The maximum Gasteiger partial charge on any atom is 0.241 e. The predicted octanol–water partition coefficient (Wildman–Crippen LogP) is 4.57. The average Bonchev–Trinajstić information content (AvgIpc) is 2.95. The maximum absolute atomic E-state index is 13.0. The smallest absolute Gasteiger partial charge is 0.241 e. The van der Waals surface area contributed by atoms with Gasteiger partial charge in [-0.15, -0.1) is 0 Å². The zero-order valence-electron chi connectivity index (χ0n) is 23.0. The molecule has 0 atom stereocenters. The first-order valence-electron chi connectivity index (χ1n) is 13.3. The molecule has 0 spiro atoms. The summed E-state index contributed by atoms with van der Waals surface area (Å²) in [4.78, 5) is 14.7. The van der Waals surface area contributed by atoms with Gasteiger partial charge in [-0.25, -0.2) is 13.1 Å². The van der Waals surface area contributed by atoms with Crippen molar-refractivity contribution in [3.63, 3.8) is 0 Å². The van der Waals surface area contributed by atoms with Crippen molar-refractivity contribution < 1.29 is 22.7 Å². The van der Waals surface area contributed by atoms with Crippen molar-refractivity contribution in [2.24, 2.45) is 5.92 Å². The van der Waals surface area contributed by atoms with Gasteiger partial charge in [0.1, 0.15) is 11.5 Å². The van der Waals surface area contributed by atoms with Crippen molar-refractivity contribution in [2.75, 3.05) is 40.9 Å². The summed E-state index contributed by atoms with van der Waals surface area (Å²) in [5.74, 6) is 1.63. The summed E-state index contributed by atoms with van der Waals surface area (Å²) >= 11 is 0. The number of likely N-dealkylation sites (tertiary alicyclic amines) is 1. The Morgan fingerprint density at radius 1 is 1.11 bits per heavy atom.